The molecule has 4 nitrogen and oxygen atoms in total. The molecule has 1 rings (SSSR count). The summed E-state index contributed by atoms with van der Waals surface area (Å²) in [7, 11) is 1.42. The van der Waals surface area contributed by atoms with Gasteiger partial charge >= 0.3 is 8.56 Å². The lowest BCUT2D eigenvalue weighted by Crippen LogP contribution is -2.57. The lowest BCUT2D eigenvalue weighted by Gasteiger charge is -2.50. The normalized spacial score (nSPS) is 20.1. The third kappa shape index (κ3) is 3.79. The number of ether oxygens (including phenoxy) is 2. The highest BCUT2D eigenvalue weighted by atomic mass is 28.4. The van der Waals surface area contributed by atoms with Gasteiger partial charge in [0.25, 0.3) is 0 Å². The molecule has 0 aromatic heterocycles. The van der Waals surface area contributed by atoms with Gasteiger partial charge in [-0.15, -0.1) is 0 Å². The Morgan fingerprint density at radius 3 is 2.16 bits per heavy atom. The molecule has 1 fully saturated rings. The number of rotatable bonds is 10. The molecule has 0 saturated carbocycles. The molecule has 1 atom stereocenters. The molecule has 0 bridgehead atoms. The van der Waals surface area contributed by atoms with Crippen molar-refractivity contribution in [2.24, 2.45) is 5.41 Å². The third-order valence-corrected chi connectivity index (χ3v) is 8.73. The molecule has 5 heteroatoms. The van der Waals surface area contributed by atoms with E-state index in [9.17, 15) is 0 Å². The predicted octanol–water partition coefficient (Wildman–Crippen LogP) is 2.96. The van der Waals surface area contributed by atoms with E-state index in [4.69, 9.17) is 18.3 Å². The zero-order valence-electron chi connectivity index (χ0n) is 13.2. The Hall–Kier alpha value is 0.0569. The van der Waals surface area contributed by atoms with Crippen LogP contribution in [-0.4, -0.2) is 49.2 Å². The molecular weight excluding hydrogens is 260 g/mol. The van der Waals surface area contributed by atoms with Gasteiger partial charge in [0, 0.05) is 38.4 Å². The van der Waals surface area contributed by atoms with E-state index in [1.807, 2.05) is 0 Å². The molecule has 1 unspecified atom stereocenters. The Morgan fingerprint density at radius 2 is 1.79 bits per heavy atom. The zero-order valence-corrected chi connectivity index (χ0v) is 14.2. The maximum Gasteiger partial charge on any atom is 0.341 e. The second-order valence-corrected chi connectivity index (χ2v) is 9.52. The van der Waals surface area contributed by atoms with Crippen LogP contribution in [0.4, 0.5) is 0 Å². The van der Waals surface area contributed by atoms with E-state index in [0.717, 1.165) is 45.3 Å². The smallest absolute Gasteiger partial charge is 0.341 e. The van der Waals surface area contributed by atoms with Crippen molar-refractivity contribution >= 4 is 8.56 Å². The highest BCUT2D eigenvalue weighted by Crippen LogP contribution is 2.48. The first kappa shape index (κ1) is 17.1. The summed E-state index contributed by atoms with van der Waals surface area (Å²) in [5.41, 5.74) is 0.606. The van der Waals surface area contributed by atoms with Gasteiger partial charge in [0.15, 0.2) is 0 Å². The minimum absolute atomic E-state index is 0.184. The quantitative estimate of drug-likeness (QED) is 0.458. The first-order valence-electron chi connectivity index (χ1n) is 7.34. The summed E-state index contributed by atoms with van der Waals surface area (Å²) in [6.07, 6.45) is 2.07. The van der Waals surface area contributed by atoms with Crippen molar-refractivity contribution in [1.82, 2.24) is 0 Å². The van der Waals surface area contributed by atoms with Crippen molar-refractivity contribution in [3.63, 3.8) is 0 Å². The van der Waals surface area contributed by atoms with Gasteiger partial charge in [-0.05, 0) is 18.9 Å². The fraction of sp³-hybridized carbons (Fsp3) is 1.00. The highest BCUT2D eigenvalue weighted by molar-refractivity contribution is 6.69. The van der Waals surface area contributed by atoms with Crippen LogP contribution in [0.15, 0.2) is 0 Å². The summed E-state index contributed by atoms with van der Waals surface area (Å²) in [5.74, 6) is 0. The van der Waals surface area contributed by atoms with Gasteiger partial charge in [0.2, 0.25) is 0 Å². The second kappa shape index (κ2) is 7.74. The molecule has 0 N–H and O–H groups in total. The van der Waals surface area contributed by atoms with Gasteiger partial charge in [-0.3, -0.25) is 0 Å². The van der Waals surface area contributed by atoms with Gasteiger partial charge in [-0.25, -0.2) is 0 Å². The van der Waals surface area contributed by atoms with Gasteiger partial charge in [0.1, 0.15) is 0 Å². The summed E-state index contributed by atoms with van der Waals surface area (Å²) in [4.78, 5) is 0. The van der Waals surface area contributed by atoms with Gasteiger partial charge in [0.05, 0.1) is 13.2 Å². The number of hydrogen-bond donors (Lipinski definition) is 0. The molecule has 114 valence electrons. The van der Waals surface area contributed by atoms with E-state index in [1.165, 1.54) is 0 Å². The summed E-state index contributed by atoms with van der Waals surface area (Å²) in [6, 6.07) is 0.966. The van der Waals surface area contributed by atoms with Crippen LogP contribution >= 0.6 is 0 Å². The Morgan fingerprint density at radius 1 is 1.16 bits per heavy atom. The maximum absolute atomic E-state index is 5.88. The Kier molecular flexibility index (Phi) is 6.97. The predicted molar refractivity (Wildman–Crippen MR) is 78.7 cm³/mol. The minimum Gasteiger partial charge on any atom is -0.397 e. The van der Waals surface area contributed by atoms with Crippen molar-refractivity contribution in [3.8, 4) is 0 Å². The van der Waals surface area contributed by atoms with Crippen LogP contribution in [0.3, 0.4) is 0 Å². The summed E-state index contributed by atoms with van der Waals surface area (Å²) in [6.45, 7) is 9.84. The Balaban J connectivity index is 2.73. The van der Waals surface area contributed by atoms with E-state index in [-0.39, 0.29) is 5.41 Å². The Bertz CT molecular complexity index is 244. The minimum atomic E-state index is -2.17. The molecule has 0 amide bonds. The van der Waals surface area contributed by atoms with E-state index < -0.39 is 8.56 Å². The van der Waals surface area contributed by atoms with Crippen LogP contribution in [0.5, 0.6) is 0 Å². The fourth-order valence-corrected chi connectivity index (χ4v) is 6.67. The molecule has 1 aliphatic heterocycles. The zero-order chi connectivity index (χ0) is 14.4. The molecule has 19 heavy (non-hydrogen) atoms. The lowest BCUT2D eigenvalue weighted by molar-refractivity contribution is -0.114. The van der Waals surface area contributed by atoms with Crippen LogP contribution in [-0.2, 0) is 18.3 Å². The lowest BCUT2D eigenvalue weighted by atomic mass is 9.83. The van der Waals surface area contributed by atoms with E-state index in [1.54, 1.807) is 14.2 Å². The van der Waals surface area contributed by atoms with Crippen LogP contribution in [0.2, 0.25) is 11.6 Å². The largest absolute Gasteiger partial charge is 0.397 e. The summed E-state index contributed by atoms with van der Waals surface area (Å²) >= 11 is 0. The number of hydrogen-bond acceptors (Lipinski definition) is 4. The van der Waals surface area contributed by atoms with Crippen molar-refractivity contribution < 1.29 is 18.3 Å². The first-order valence-corrected chi connectivity index (χ1v) is 9.44. The molecule has 0 aromatic rings. The fourth-order valence-electron chi connectivity index (χ4n) is 3.08. The van der Waals surface area contributed by atoms with Crippen LogP contribution in [0.25, 0.3) is 0 Å². The molecule has 1 aliphatic rings. The average Bonchev–Trinajstić information content (AvgIpc) is 2.41. The monoisotopic (exact) mass is 290 g/mol. The van der Waals surface area contributed by atoms with Crippen molar-refractivity contribution in [2.75, 3.05) is 40.6 Å². The highest BCUT2D eigenvalue weighted by Gasteiger charge is 2.54. The van der Waals surface area contributed by atoms with E-state index in [0.29, 0.717) is 5.54 Å². The SMILES string of the molecule is CCCOCCC(C1(C)COC1)[Si](CC)(OC)OC. The molecule has 0 spiro atoms. The van der Waals surface area contributed by atoms with Crippen LogP contribution in [0.1, 0.15) is 33.6 Å². The summed E-state index contributed by atoms with van der Waals surface area (Å²) < 4.78 is 22.9. The van der Waals surface area contributed by atoms with Crippen molar-refractivity contribution in [3.05, 3.63) is 0 Å². The van der Waals surface area contributed by atoms with E-state index >= 15 is 0 Å². The molecule has 0 aliphatic carbocycles. The molecule has 0 radical (unpaired) electrons. The van der Waals surface area contributed by atoms with Crippen LogP contribution in [0, 0.1) is 5.41 Å². The van der Waals surface area contributed by atoms with Gasteiger partial charge in [-0.2, -0.15) is 0 Å². The van der Waals surface area contributed by atoms with Gasteiger partial charge < -0.3 is 18.3 Å². The first-order chi connectivity index (χ1) is 9.08. The van der Waals surface area contributed by atoms with Crippen molar-refractivity contribution in [2.45, 2.75) is 45.2 Å². The second-order valence-electron chi connectivity index (χ2n) is 5.67. The molecule has 1 saturated heterocycles. The average molecular weight is 290 g/mol. The van der Waals surface area contributed by atoms with Crippen molar-refractivity contribution in [1.29, 1.82) is 0 Å². The molecule has 1 heterocycles. The van der Waals surface area contributed by atoms with Crippen LogP contribution < -0.4 is 0 Å². The Labute approximate surface area is 119 Å². The maximum atomic E-state index is 5.88. The van der Waals surface area contributed by atoms with E-state index in [2.05, 4.69) is 20.8 Å². The standard InChI is InChI=1S/C14H30O4Si/c1-6-9-17-10-8-13(14(3)11-18-12-14)19(7-2,15-4)16-5/h13H,6-12H2,1-5H3. The topological polar surface area (TPSA) is 36.9 Å². The molecular formula is C14H30O4Si. The third-order valence-electron chi connectivity index (χ3n) is 4.32. The summed E-state index contributed by atoms with van der Waals surface area (Å²) in [5, 5.41) is 0. The molecule has 0 aromatic carbocycles. The van der Waals surface area contributed by atoms with Gasteiger partial charge in [-0.1, -0.05) is 20.8 Å².